The first kappa shape index (κ1) is 40.5. The number of fused-ring (bicyclic) bond motifs is 1. The second-order valence-electron chi connectivity index (χ2n) is 13.7. The summed E-state index contributed by atoms with van der Waals surface area (Å²) in [4.78, 5) is 32.2. The van der Waals surface area contributed by atoms with Gasteiger partial charge in [-0.3, -0.25) is 14.5 Å². The van der Waals surface area contributed by atoms with Crippen LogP contribution in [0.1, 0.15) is 85.0 Å². The molecular formula is C39H60N4O8. The van der Waals surface area contributed by atoms with Gasteiger partial charge in [0, 0.05) is 71.5 Å². The first-order chi connectivity index (χ1) is 24.7. The van der Waals surface area contributed by atoms with Gasteiger partial charge >= 0.3 is 0 Å². The van der Waals surface area contributed by atoms with Crippen molar-refractivity contribution >= 4 is 11.8 Å². The summed E-state index contributed by atoms with van der Waals surface area (Å²) in [5.74, 6) is -0.343. The largest absolute Gasteiger partial charge is 0.508 e. The summed E-state index contributed by atoms with van der Waals surface area (Å²) in [7, 11) is 0. The maximum absolute atomic E-state index is 13.4. The zero-order chi connectivity index (χ0) is 36.4. The van der Waals surface area contributed by atoms with Gasteiger partial charge in [-0.15, -0.1) is 0 Å². The first-order valence-corrected chi connectivity index (χ1v) is 18.7. The van der Waals surface area contributed by atoms with Crippen LogP contribution in [0.15, 0.2) is 30.3 Å². The van der Waals surface area contributed by atoms with Crippen LogP contribution in [-0.4, -0.2) is 129 Å². The molecule has 12 heteroatoms. The quantitative estimate of drug-likeness (QED) is 0.144. The van der Waals surface area contributed by atoms with Gasteiger partial charge in [0.1, 0.15) is 11.5 Å². The molecule has 2 aromatic rings. The number of benzene rings is 2. The highest BCUT2D eigenvalue weighted by atomic mass is 16.6. The summed E-state index contributed by atoms with van der Waals surface area (Å²) in [6, 6.07) is 9.41. The van der Waals surface area contributed by atoms with E-state index in [0.717, 1.165) is 69.7 Å². The molecule has 2 aliphatic heterocycles. The normalized spacial score (nSPS) is 15.1. The van der Waals surface area contributed by atoms with Crippen LogP contribution in [0.4, 0.5) is 0 Å². The Bertz CT molecular complexity index is 1360. The molecule has 0 aromatic heterocycles. The fraction of sp³-hybridized carbons (Fsp3) is 0.641. The predicted octanol–water partition coefficient (Wildman–Crippen LogP) is 4.26. The summed E-state index contributed by atoms with van der Waals surface area (Å²) in [5, 5.41) is 23.6. The number of phenolic OH excluding ortho intramolecular Hbond substituents is 2. The molecule has 0 spiro atoms. The third kappa shape index (κ3) is 13.7. The summed E-state index contributed by atoms with van der Waals surface area (Å²) in [5.41, 5.74) is 4.42. The number of hydrogen-bond donors (Lipinski definition) is 3. The van der Waals surface area contributed by atoms with Gasteiger partial charge in [-0.05, 0) is 60.5 Å². The molecule has 51 heavy (non-hydrogen) atoms. The number of phenols is 2. The highest BCUT2D eigenvalue weighted by Gasteiger charge is 2.28. The summed E-state index contributed by atoms with van der Waals surface area (Å²) in [6.45, 7) is 18.0. The van der Waals surface area contributed by atoms with Gasteiger partial charge in [0.15, 0.2) is 0 Å². The van der Waals surface area contributed by atoms with Gasteiger partial charge in [-0.1, -0.05) is 38.5 Å². The van der Waals surface area contributed by atoms with Crippen molar-refractivity contribution in [2.75, 3.05) is 92.1 Å². The third-order valence-electron chi connectivity index (χ3n) is 9.42. The Kier molecular flexibility index (Phi) is 17.4. The number of unbranched alkanes of at least 4 members (excludes halogenated alkanes) is 2. The molecule has 0 atom stereocenters. The maximum Gasteiger partial charge on any atom is 0.258 e. The summed E-state index contributed by atoms with van der Waals surface area (Å²) >= 11 is 0. The van der Waals surface area contributed by atoms with Crippen LogP contribution in [0.5, 0.6) is 11.5 Å². The Labute approximate surface area is 304 Å². The van der Waals surface area contributed by atoms with Crippen molar-refractivity contribution < 1.29 is 38.7 Å². The molecule has 0 radical (unpaired) electrons. The van der Waals surface area contributed by atoms with E-state index in [0.29, 0.717) is 84.5 Å². The SMILES string of the molecule is CCOCCOCCOCCOCCC(=O)NCCCCCN1CCN(Cc2ccc3c(c2)CN(C(=O)c2cc(C(C)C)c(O)cc2O)C3)CC1. The van der Waals surface area contributed by atoms with E-state index in [1.807, 2.05) is 20.8 Å². The molecule has 2 amide bonds. The van der Waals surface area contributed by atoms with Crippen molar-refractivity contribution in [1.82, 2.24) is 20.0 Å². The van der Waals surface area contributed by atoms with Crippen molar-refractivity contribution in [1.29, 1.82) is 0 Å². The molecule has 0 unspecified atom stereocenters. The topological polar surface area (TPSA) is 133 Å². The lowest BCUT2D eigenvalue weighted by Crippen LogP contribution is -2.46. The Morgan fingerprint density at radius 1 is 0.765 bits per heavy atom. The average Bonchev–Trinajstić information content (AvgIpc) is 3.54. The van der Waals surface area contributed by atoms with Crippen LogP contribution in [0.2, 0.25) is 0 Å². The lowest BCUT2D eigenvalue weighted by Gasteiger charge is -2.34. The Hall–Kier alpha value is -3.26. The van der Waals surface area contributed by atoms with E-state index < -0.39 is 0 Å². The van der Waals surface area contributed by atoms with E-state index in [2.05, 4.69) is 33.3 Å². The first-order valence-electron chi connectivity index (χ1n) is 18.7. The molecule has 12 nitrogen and oxygen atoms in total. The zero-order valence-electron chi connectivity index (χ0n) is 31.0. The number of amides is 2. The van der Waals surface area contributed by atoms with Crippen molar-refractivity contribution in [2.24, 2.45) is 0 Å². The molecule has 2 heterocycles. The number of carbonyl (C=O) groups excluding carboxylic acids is 2. The lowest BCUT2D eigenvalue weighted by atomic mass is 9.98. The Morgan fingerprint density at radius 3 is 2.10 bits per heavy atom. The Balaban J connectivity index is 1.02. The molecule has 0 saturated carbocycles. The number of rotatable bonds is 23. The second-order valence-corrected chi connectivity index (χ2v) is 13.7. The number of ether oxygens (including phenoxy) is 4. The van der Waals surface area contributed by atoms with Crippen LogP contribution in [0.25, 0.3) is 0 Å². The Morgan fingerprint density at radius 2 is 1.41 bits per heavy atom. The zero-order valence-corrected chi connectivity index (χ0v) is 31.0. The van der Waals surface area contributed by atoms with Crippen LogP contribution in [-0.2, 0) is 43.4 Å². The number of carbonyl (C=O) groups is 2. The van der Waals surface area contributed by atoms with E-state index in [1.165, 1.54) is 11.6 Å². The van der Waals surface area contributed by atoms with Crippen molar-refractivity contribution in [3.63, 3.8) is 0 Å². The third-order valence-corrected chi connectivity index (χ3v) is 9.42. The van der Waals surface area contributed by atoms with Gasteiger partial charge in [0.25, 0.3) is 5.91 Å². The van der Waals surface area contributed by atoms with Crippen LogP contribution in [0, 0.1) is 0 Å². The fourth-order valence-corrected chi connectivity index (χ4v) is 6.44. The van der Waals surface area contributed by atoms with Gasteiger partial charge in [0.2, 0.25) is 5.91 Å². The minimum Gasteiger partial charge on any atom is -0.508 e. The van der Waals surface area contributed by atoms with Crippen molar-refractivity contribution in [3.05, 3.63) is 58.1 Å². The summed E-state index contributed by atoms with van der Waals surface area (Å²) < 4.78 is 21.5. The number of nitrogens with zero attached hydrogens (tertiary/aromatic N) is 3. The van der Waals surface area contributed by atoms with Crippen LogP contribution < -0.4 is 5.32 Å². The molecule has 4 rings (SSSR count). The monoisotopic (exact) mass is 712 g/mol. The van der Waals surface area contributed by atoms with Crippen LogP contribution >= 0.6 is 0 Å². The average molecular weight is 713 g/mol. The minimum atomic E-state index is -0.223. The van der Waals surface area contributed by atoms with Crippen LogP contribution in [0.3, 0.4) is 0 Å². The van der Waals surface area contributed by atoms with E-state index in [4.69, 9.17) is 18.9 Å². The smallest absolute Gasteiger partial charge is 0.258 e. The van der Waals surface area contributed by atoms with E-state index in [1.54, 1.807) is 11.0 Å². The fourth-order valence-electron chi connectivity index (χ4n) is 6.44. The lowest BCUT2D eigenvalue weighted by molar-refractivity contribution is -0.122. The molecule has 2 aromatic carbocycles. The highest BCUT2D eigenvalue weighted by molar-refractivity contribution is 5.97. The number of piperazine rings is 1. The van der Waals surface area contributed by atoms with Crippen molar-refractivity contribution in [3.8, 4) is 11.5 Å². The molecule has 1 saturated heterocycles. The van der Waals surface area contributed by atoms with Gasteiger partial charge in [-0.2, -0.15) is 0 Å². The van der Waals surface area contributed by atoms with Gasteiger partial charge in [0.05, 0.1) is 51.8 Å². The maximum atomic E-state index is 13.4. The van der Waals surface area contributed by atoms with E-state index in [-0.39, 0.29) is 34.8 Å². The molecule has 3 N–H and O–H groups in total. The number of aromatic hydroxyl groups is 2. The number of hydrogen-bond acceptors (Lipinski definition) is 10. The standard InChI is InChI=1S/C39H60N4O8/c1-4-48-18-19-50-22-23-51-21-20-49-17-10-38(46)40-11-6-5-7-12-41-13-15-42(16-14-41)27-31-8-9-32-28-43(29-33(32)24-31)39(47)35-25-34(30(2)3)36(44)26-37(35)45/h8-9,24-26,30,44-45H,4-7,10-23,27-29H2,1-3H3,(H,40,46). The number of nitrogens with one attached hydrogen (secondary N) is 1. The van der Waals surface area contributed by atoms with E-state index in [9.17, 15) is 19.8 Å². The molecule has 2 aliphatic rings. The molecule has 0 aliphatic carbocycles. The molecule has 284 valence electrons. The minimum absolute atomic E-state index is 0.0101. The van der Waals surface area contributed by atoms with Gasteiger partial charge < -0.3 is 44.3 Å². The molecular weight excluding hydrogens is 652 g/mol. The van der Waals surface area contributed by atoms with E-state index >= 15 is 0 Å². The summed E-state index contributed by atoms with van der Waals surface area (Å²) in [6.07, 6.45) is 3.55. The molecule has 0 bridgehead atoms. The predicted molar refractivity (Wildman–Crippen MR) is 196 cm³/mol. The second kappa shape index (κ2) is 22.0. The van der Waals surface area contributed by atoms with Gasteiger partial charge in [-0.25, -0.2) is 0 Å². The van der Waals surface area contributed by atoms with Crippen molar-refractivity contribution in [2.45, 2.75) is 72.0 Å². The highest BCUT2D eigenvalue weighted by Crippen LogP contribution is 2.34. The molecule has 1 fully saturated rings.